The number of hydrogen-bond donors (Lipinski definition) is 4. The molecule has 1 aliphatic carbocycles. The molecule has 4 rings (SSSR count). The average molecular weight is 483 g/mol. The molecule has 0 aliphatic heterocycles. The number of fused-ring (bicyclic) bond motifs is 2. The van der Waals surface area contributed by atoms with Crippen molar-refractivity contribution >= 4 is 50.4 Å². The Balaban J connectivity index is 2.02. The number of nitro benzene ring substituents is 1. The zero-order chi connectivity index (χ0) is 24.9. The number of carbonyl (C=O) groups excluding carboxylic acids is 2. The Morgan fingerprint density at radius 3 is 2.09 bits per heavy atom. The summed E-state index contributed by atoms with van der Waals surface area (Å²) in [6.07, 6.45) is 0. The molecule has 0 saturated heterocycles. The molecule has 0 aromatic heterocycles. The summed E-state index contributed by atoms with van der Waals surface area (Å²) in [7, 11) is -4.98. The van der Waals surface area contributed by atoms with Crippen molar-refractivity contribution in [3.63, 3.8) is 0 Å². The second-order valence-electron chi connectivity index (χ2n) is 7.18. The summed E-state index contributed by atoms with van der Waals surface area (Å²) in [5, 5.41) is 23.1. The number of hydrogen-bond acceptors (Lipinski definition) is 9. The van der Waals surface area contributed by atoms with E-state index in [0.717, 1.165) is 24.3 Å². The van der Waals surface area contributed by atoms with Crippen LogP contribution in [-0.4, -0.2) is 40.5 Å². The van der Waals surface area contributed by atoms with Crippen LogP contribution in [0.15, 0.2) is 53.4 Å². The fourth-order valence-corrected chi connectivity index (χ4v) is 4.33. The van der Waals surface area contributed by atoms with Gasteiger partial charge in [0.15, 0.2) is 11.6 Å². The van der Waals surface area contributed by atoms with E-state index in [1.807, 2.05) is 0 Å². The van der Waals surface area contributed by atoms with Crippen molar-refractivity contribution in [2.24, 2.45) is 0 Å². The van der Waals surface area contributed by atoms with Crippen molar-refractivity contribution < 1.29 is 37.4 Å². The van der Waals surface area contributed by atoms with E-state index in [-0.39, 0.29) is 28.1 Å². The zero-order valence-corrected chi connectivity index (χ0v) is 17.6. The Morgan fingerprint density at radius 2 is 1.56 bits per heavy atom. The SMILES string of the molecule is Nc1c(S(=O)(=O)O)cc(Nc2ccc([N+](=O)[O-])cc2C(=O)O)c2c1C(=O)c1ccccc1C2=O. The molecule has 3 aromatic rings. The lowest BCUT2D eigenvalue weighted by atomic mass is 9.82. The number of nitrogens with two attached hydrogens (primary N) is 1. The first-order chi connectivity index (χ1) is 15.9. The molecule has 172 valence electrons. The molecule has 0 fully saturated rings. The molecule has 13 heteroatoms. The molecule has 0 heterocycles. The Bertz CT molecular complexity index is 1560. The number of nitrogen functional groups attached to an aromatic ring is 1. The number of nitrogens with one attached hydrogen (secondary N) is 1. The molecule has 12 nitrogen and oxygen atoms in total. The first kappa shape index (κ1) is 22.6. The number of ketones is 2. The van der Waals surface area contributed by atoms with Gasteiger partial charge >= 0.3 is 5.97 Å². The standard InChI is InChI=1S/C21H13N3O9S/c22-18-15(34(31,32)33)8-14(23-13-6-5-9(24(29)30)7-12(13)21(27)28)16-17(18)20(26)11-4-2-1-3-10(11)19(16)25/h1-8,23H,22H2,(H,27,28)(H,31,32,33). The number of nitro groups is 1. The van der Waals surface area contributed by atoms with E-state index in [9.17, 15) is 42.6 Å². The quantitative estimate of drug-likeness (QED) is 0.140. The first-order valence-corrected chi connectivity index (χ1v) is 10.8. The van der Waals surface area contributed by atoms with E-state index in [2.05, 4.69) is 5.32 Å². The second kappa shape index (κ2) is 7.75. The molecule has 34 heavy (non-hydrogen) atoms. The smallest absolute Gasteiger partial charge is 0.338 e. The lowest BCUT2D eigenvalue weighted by molar-refractivity contribution is -0.384. The molecule has 0 atom stereocenters. The first-order valence-electron chi connectivity index (χ1n) is 9.33. The number of rotatable bonds is 5. The lowest BCUT2D eigenvalue weighted by Crippen LogP contribution is -2.25. The Hall–Kier alpha value is -4.62. The lowest BCUT2D eigenvalue weighted by Gasteiger charge is -2.24. The van der Waals surface area contributed by atoms with Crippen LogP contribution in [0.25, 0.3) is 0 Å². The molecule has 0 bridgehead atoms. The summed E-state index contributed by atoms with van der Waals surface area (Å²) in [5.74, 6) is -3.04. The number of anilines is 3. The van der Waals surface area contributed by atoms with Gasteiger partial charge in [0, 0.05) is 23.3 Å². The molecule has 0 amide bonds. The molecule has 0 spiro atoms. The Labute approximate surface area is 190 Å². The van der Waals surface area contributed by atoms with Gasteiger partial charge in [-0.3, -0.25) is 24.3 Å². The number of non-ortho nitro benzene ring substituents is 1. The molecule has 1 aliphatic rings. The van der Waals surface area contributed by atoms with Crippen molar-refractivity contribution in [2.45, 2.75) is 4.90 Å². The number of nitrogens with zero attached hydrogens (tertiary/aromatic N) is 1. The van der Waals surface area contributed by atoms with E-state index in [1.165, 1.54) is 24.3 Å². The number of aromatic carboxylic acids is 1. The highest BCUT2D eigenvalue weighted by Crippen LogP contribution is 2.40. The number of benzene rings is 3. The summed E-state index contributed by atoms with van der Waals surface area (Å²) < 4.78 is 33.6. The molecule has 0 unspecified atom stereocenters. The monoisotopic (exact) mass is 483 g/mol. The average Bonchev–Trinajstić information content (AvgIpc) is 2.77. The highest BCUT2D eigenvalue weighted by Gasteiger charge is 2.36. The van der Waals surface area contributed by atoms with E-state index >= 15 is 0 Å². The van der Waals surface area contributed by atoms with Crippen LogP contribution >= 0.6 is 0 Å². The van der Waals surface area contributed by atoms with Gasteiger partial charge in [-0.05, 0) is 12.1 Å². The number of carboxylic acid groups (broad SMARTS) is 1. The third-order valence-corrected chi connectivity index (χ3v) is 6.09. The zero-order valence-electron chi connectivity index (χ0n) is 16.8. The highest BCUT2D eigenvalue weighted by molar-refractivity contribution is 7.86. The van der Waals surface area contributed by atoms with E-state index < -0.39 is 60.0 Å². The molecular formula is C21H13N3O9S. The van der Waals surface area contributed by atoms with Crippen molar-refractivity contribution in [3.05, 3.63) is 86.5 Å². The molecular weight excluding hydrogens is 470 g/mol. The summed E-state index contributed by atoms with van der Waals surface area (Å²) in [6.45, 7) is 0. The summed E-state index contributed by atoms with van der Waals surface area (Å²) in [6, 6.07) is 9.32. The predicted octanol–water partition coefficient (Wildman–Crippen LogP) is 2.64. The van der Waals surface area contributed by atoms with Gasteiger partial charge in [0.2, 0.25) is 0 Å². The van der Waals surface area contributed by atoms with Gasteiger partial charge < -0.3 is 16.2 Å². The van der Waals surface area contributed by atoms with E-state index in [1.54, 1.807) is 0 Å². The van der Waals surface area contributed by atoms with Gasteiger partial charge in [-0.15, -0.1) is 0 Å². The van der Waals surface area contributed by atoms with Gasteiger partial charge in [-0.2, -0.15) is 8.42 Å². The van der Waals surface area contributed by atoms with Crippen LogP contribution in [0.1, 0.15) is 42.2 Å². The largest absolute Gasteiger partial charge is 0.478 e. The maximum Gasteiger partial charge on any atom is 0.338 e. The van der Waals surface area contributed by atoms with Gasteiger partial charge in [0.05, 0.1) is 38.7 Å². The molecule has 3 aromatic carbocycles. The number of carboxylic acids is 1. The van der Waals surface area contributed by atoms with Crippen molar-refractivity contribution in [2.75, 3.05) is 11.1 Å². The fraction of sp³-hybridized carbons (Fsp3) is 0. The van der Waals surface area contributed by atoms with Crippen LogP contribution in [0.2, 0.25) is 0 Å². The third kappa shape index (κ3) is 3.54. The van der Waals surface area contributed by atoms with E-state index in [4.69, 9.17) is 5.73 Å². The second-order valence-corrected chi connectivity index (χ2v) is 8.57. The highest BCUT2D eigenvalue weighted by atomic mass is 32.2. The minimum Gasteiger partial charge on any atom is -0.478 e. The molecule has 0 saturated carbocycles. The maximum atomic E-state index is 13.3. The van der Waals surface area contributed by atoms with Crippen LogP contribution < -0.4 is 11.1 Å². The molecule has 5 N–H and O–H groups in total. The van der Waals surface area contributed by atoms with Crippen LogP contribution in [0, 0.1) is 10.1 Å². The normalized spacial score (nSPS) is 12.6. The summed E-state index contributed by atoms with van der Waals surface area (Å²) in [5.41, 5.74) is 2.68. The minimum atomic E-state index is -4.98. The topological polar surface area (TPSA) is 207 Å². The maximum absolute atomic E-state index is 13.3. The fourth-order valence-electron chi connectivity index (χ4n) is 3.68. The van der Waals surface area contributed by atoms with Gasteiger partial charge in [0.1, 0.15) is 4.90 Å². The Kier molecular flexibility index (Phi) is 5.15. The third-order valence-electron chi connectivity index (χ3n) is 5.19. The van der Waals surface area contributed by atoms with Crippen LogP contribution in [-0.2, 0) is 10.1 Å². The van der Waals surface area contributed by atoms with Gasteiger partial charge in [0.25, 0.3) is 15.8 Å². The summed E-state index contributed by atoms with van der Waals surface area (Å²) in [4.78, 5) is 47.5. The van der Waals surface area contributed by atoms with Crippen molar-refractivity contribution in [1.29, 1.82) is 0 Å². The van der Waals surface area contributed by atoms with Crippen LogP contribution in [0.5, 0.6) is 0 Å². The van der Waals surface area contributed by atoms with E-state index in [0.29, 0.717) is 0 Å². The van der Waals surface area contributed by atoms with Crippen LogP contribution in [0.3, 0.4) is 0 Å². The van der Waals surface area contributed by atoms with Crippen LogP contribution in [0.4, 0.5) is 22.7 Å². The van der Waals surface area contributed by atoms with Crippen molar-refractivity contribution in [3.8, 4) is 0 Å². The molecule has 0 radical (unpaired) electrons. The van der Waals surface area contributed by atoms with Gasteiger partial charge in [-0.1, -0.05) is 24.3 Å². The number of carbonyl (C=O) groups is 3. The van der Waals surface area contributed by atoms with Crippen molar-refractivity contribution in [1.82, 2.24) is 0 Å². The predicted molar refractivity (Wildman–Crippen MR) is 117 cm³/mol. The van der Waals surface area contributed by atoms with Gasteiger partial charge in [-0.25, -0.2) is 4.79 Å². The summed E-state index contributed by atoms with van der Waals surface area (Å²) >= 11 is 0. The Morgan fingerprint density at radius 1 is 0.971 bits per heavy atom. The minimum absolute atomic E-state index is 0.00390.